The second-order valence-corrected chi connectivity index (χ2v) is 8.72. The van der Waals surface area contributed by atoms with Crippen molar-refractivity contribution in [2.75, 3.05) is 6.54 Å². The second-order valence-electron chi connectivity index (χ2n) is 7.78. The van der Waals surface area contributed by atoms with E-state index in [1.807, 2.05) is 66.9 Å². The van der Waals surface area contributed by atoms with Crippen LogP contribution in [0.15, 0.2) is 72.1 Å². The number of rotatable bonds is 7. The average Bonchev–Trinajstić information content (AvgIpc) is 3.40. The maximum Gasteiger partial charge on any atom is 0.270 e. The van der Waals surface area contributed by atoms with E-state index in [0.29, 0.717) is 40.0 Å². The molecule has 0 spiro atoms. The van der Waals surface area contributed by atoms with Gasteiger partial charge in [-0.25, -0.2) is 4.98 Å². The largest absolute Gasteiger partial charge is 0.351 e. The fourth-order valence-corrected chi connectivity index (χ4v) is 4.08. The molecule has 0 radical (unpaired) electrons. The van der Waals surface area contributed by atoms with E-state index in [0.717, 1.165) is 11.1 Å². The van der Waals surface area contributed by atoms with Gasteiger partial charge in [0.15, 0.2) is 0 Å². The number of aromatic nitrogens is 1. The minimum Gasteiger partial charge on any atom is -0.351 e. The monoisotopic (exact) mass is 472 g/mol. The zero-order valence-corrected chi connectivity index (χ0v) is 19.4. The van der Waals surface area contributed by atoms with Crippen LogP contribution in [0.1, 0.15) is 38.4 Å². The number of thiophene rings is 1. The van der Waals surface area contributed by atoms with Crippen molar-refractivity contribution in [3.63, 3.8) is 0 Å². The van der Waals surface area contributed by atoms with Crippen LogP contribution in [0.4, 0.5) is 0 Å². The number of hydrogen-bond acceptors (Lipinski definition) is 5. The van der Waals surface area contributed by atoms with E-state index in [2.05, 4.69) is 16.2 Å². The zero-order chi connectivity index (χ0) is 23.9. The molecule has 3 amide bonds. The van der Waals surface area contributed by atoms with Gasteiger partial charge in [-0.3, -0.25) is 25.2 Å². The highest BCUT2D eigenvalue weighted by molar-refractivity contribution is 7.12. The van der Waals surface area contributed by atoms with Gasteiger partial charge in [0.2, 0.25) is 5.91 Å². The molecular formula is C26H24N4O3S. The summed E-state index contributed by atoms with van der Waals surface area (Å²) in [5.74, 6) is -0.917. The average molecular weight is 473 g/mol. The smallest absolute Gasteiger partial charge is 0.270 e. The van der Waals surface area contributed by atoms with Gasteiger partial charge in [0.05, 0.1) is 21.7 Å². The lowest BCUT2D eigenvalue weighted by atomic mass is 10.0. The number of benzene rings is 2. The highest BCUT2D eigenvalue weighted by Gasteiger charge is 2.15. The molecule has 7 nitrogen and oxygen atoms in total. The highest BCUT2D eigenvalue weighted by Crippen LogP contribution is 2.25. The topological polar surface area (TPSA) is 100 Å². The molecule has 0 saturated heterocycles. The van der Waals surface area contributed by atoms with Gasteiger partial charge in [0.25, 0.3) is 11.8 Å². The lowest BCUT2D eigenvalue weighted by molar-refractivity contribution is -0.121. The van der Waals surface area contributed by atoms with E-state index in [-0.39, 0.29) is 18.2 Å². The number of hydrazine groups is 1. The molecule has 0 aliphatic rings. The van der Waals surface area contributed by atoms with Gasteiger partial charge in [-0.2, -0.15) is 0 Å². The molecular weight excluding hydrogens is 448 g/mol. The Morgan fingerprint density at radius 3 is 2.47 bits per heavy atom. The Balaban J connectivity index is 1.37. The fraction of sp³-hybridized carbons (Fsp3) is 0.154. The number of para-hydroxylation sites is 1. The van der Waals surface area contributed by atoms with Crippen molar-refractivity contribution in [2.24, 2.45) is 0 Å². The van der Waals surface area contributed by atoms with Crippen LogP contribution in [0.25, 0.3) is 22.2 Å². The minimum absolute atomic E-state index is 0.155. The van der Waals surface area contributed by atoms with Crippen LogP contribution in [0.5, 0.6) is 0 Å². The Morgan fingerprint density at radius 1 is 0.912 bits per heavy atom. The predicted molar refractivity (Wildman–Crippen MR) is 133 cm³/mol. The van der Waals surface area contributed by atoms with Crippen LogP contribution in [-0.4, -0.2) is 29.3 Å². The van der Waals surface area contributed by atoms with E-state index in [4.69, 9.17) is 4.98 Å². The molecule has 0 unspecified atom stereocenters. The SMILES string of the molecule is Cc1ccc(-c2cc(C(=O)NNC(=O)CCCNC(=O)c3cccs3)c3ccccc3n2)cc1. The Bertz CT molecular complexity index is 1320. The molecule has 0 bridgehead atoms. The molecule has 0 aliphatic carbocycles. The first-order chi connectivity index (χ1) is 16.5. The molecule has 8 heteroatoms. The van der Waals surface area contributed by atoms with E-state index < -0.39 is 5.91 Å². The van der Waals surface area contributed by atoms with Crippen molar-refractivity contribution >= 4 is 40.0 Å². The second kappa shape index (κ2) is 10.7. The van der Waals surface area contributed by atoms with Crippen LogP contribution < -0.4 is 16.2 Å². The van der Waals surface area contributed by atoms with Crippen LogP contribution in [0.2, 0.25) is 0 Å². The molecule has 4 aromatic rings. The van der Waals surface area contributed by atoms with Gasteiger partial charge in [-0.15, -0.1) is 11.3 Å². The molecule has 2 heterocycles. The summed E-state index contributed by atoms with van der Waals surface area (Å²) in [4.78, 5) is 42.4. The Hall–Kier alpha value is -4.04. The minimum atomic E-state index is -0.425. The van der Waals surface area contributed by atoms with E-state index in [9.17, 15) is 14.4 Å². The van der Waals surface area contributed by atoms with Gasteiger partial charge in [-0.05, 0) is 36.9 Å². The normalized spacial score (nSPS) is 10.6. The first-order valence-corrected chi connectivity index (χ1v) is 11.8. The van der Waals surface area contributed by atoms with Crippen molar-refractivity contribution < 1.29 is 14.4 Å². The van der Waals surface area contributed by atoms with E-state index >= 15 is 0 Å². The van der Waals surface area contributed by atoms with Crippen molar-refractivity contribution in [1.29, 1.82) is 0 Å². The zero-order valence-electron chi connectivity index (χ0n) is 18.6. The van der Waals surface area contributed by atoms with Gasteiger partial charge in [-0.1, -0.05) is 54.1 Å². The number of fused-ring (bicyclic) bond motifs is 1. The fourth-order valence-electron chi connectivity index (χ4n) is 3.44. The van der Waals surface area contributed by atoms with Gasteiger partial charge >= 0.3 is 0 Å². The molecule has 2 aromatic heterocycles. The number of nitrogens with zero attached hydrogens (tertiary/aromatic N) is 1. The number of hydrogen-bond donors (Lipinski definition) is 3. The van der Waals surface area contributed by atoms with Gasteiger partial charge in [0.1, 0.15) is 0 Å². The van der Waals surface area contributed by atoms with Crippen LogP contribution >= 0.6 is 11.3 Å². The summed E-state index contributed by atoms with van der Waals surface area (Å²) in [5.41, 5.74) is 8.79. The maximum atomic E-state index is 12.9. The first-order valence-electron chi connectivity index (χ1n) is 10.9. The van der Waals surface area contributed by atoms with Crippen LogP contribution in [0, 0.1) is 6.92 Å². The Morgan fingerprint density at radius 2 is 1.71 bits per heavy atom. The maximum absolute atomic E-state index is 12.9. The highest BCUT2D eigenvalue weighted by atomic mass is 32.1. The molecule has 0 fully saturated rings. The lowest BCUT2D eigenvalue weighted by Crippen LogP contribution is -2.41. The first kappa shape index (κ1) is 23.1. The summed E-state index contributed by atoms with van der Waals surface area (Å²) >= 11 is 1.36. The third-order valence-corrected chi connectivity index (χ3v) is 6.10. The number of nitrogens with one attached hydrogen (secondary N) is 3. The molecule has 0 aliphatic heterocycles. The van der Waals surface area contributed by atoms with Crippen molar-refractivity contribution in [1.82, 2.24) is 21.2 Å². The molecule has 0 saturated carbocycles. The molecule has 34 heavy (non-hydrogen) atoms. The third-order valence-electron chi connectivity index (χ3n) is 5.23. The van der Waals surface area contributed by atoms with Gasteiger partial charge < -0.3 is 5.32 Å². The number of carbonyl (C=O) groups excluding carboxylic acids is 3. The number of pyridine rings is 1. The van der Waals surface area contributed by atoms with Crippen molar-refractivity contribution in [3.8, 4) is 11.3 Å². The number of amides is 3. The Labute approximate surface area is 201 Å². The number of carbonyl (C=O) groups is 3. The quantitative estimate of drug-likeness (QED) is 0.277. The molecule has 0 atom stereocenters. The molecule has 4 rings (SSSR count). The summed E-state index contributed by atoms with van der Waals surface area (Å²) in [6, 6.07) is 20.6. The molecule has 3 N–H and O–H groups in total. The number of aryl methyl sites for hydroxylation is 1. The van der Waals surface area contributed by atoms with Crippen LogP contribution in [0.3, 0.4) is 0 Å². The summed E-state index contributed by atoms with van der Waals surface area (Å²) in [5, 5.41) is 5.30. The Kier molecular flexibility index (Phi) is 7.29. The standard InChI is InChI=1S/C26H24N4O3S/c1-17-10-12-18(13-11-17)22-16-20(19-6-2-3-7-21(19)28-22)25(32)30-29-24(31)9-4-14-27-26(33)23-8-5-15-34-23/h2-3,5-8,10-13,15-16H,4,9,14H2,1H3,(H,27,33)(H,29,31)(H,30,32). The molecule has 172 valence electrons. The molecule has 2 aromatic carbocycles. The lowest BCUT2D eigenvalue weighted by Gasteiger charge is -2.12. The van der Waals surface area contributed by atoms with Crippen molar-refractivity contribution in [2.45, 2.75) is 19.8 Å². The van der Waals surface area contributed by atoms with Crippen molar-refractivity contribution in [3.05, 3.63) is 88.1 Å². The summed E-state index contributed by atoms with van der Waals surface area (Å²) < 4.78 is 0. The van der Waals surface area contributed by atoms with E-state index in [1.165, 1.54) is 11.3 Å². The predicted octanol–water partition coefficient (Wildman–Crippen LogP) is 4.24. The third kappa shape index (κ3) is 5.65. The van der Waals surface area contributed by atoms with Gasteiger partial charge in [0, 0.05) is 23.9 Å². The van der Waals surface area contributed by atoms with Crippen LogP contribution in [-0.2, 0) is 4.79 Å². The van der Waals surface area contributed by atoms with E-state index in [1.54, 1.807) is 12.1 Å². The summed E-state index contributed by atoms with van der Waals surface area (Å²) in [7, 11) is 0. The summed E-state index contributed by atoms with van der Waals surface area (Å²) in [6.45, 7) is 2.38. The summed E-state index contributed by atoms with van der Waals surface area (Å²) in [6.07, 6.45) is 0.616.